The second kappa shape index (κ2) is 9.09. The number of carbonyl (C=O) groups excluding carboxylic acids is 1. The van der Waals surface area contributed by atoms with Gasteiger partial charge in [0.1, 0.15) is 18.2 Å². The summed E-state index contributed by atoms with van der Waals surface area (Å²) in [6, 6.07) is 7.05. The van der Waals surface area contributed by atoms with Crippen LogP contribution in [0.25, 0.3) is 11.1 Å². The van der Waals surface area contributed by atoms with Gasteiger partial charge in [-0.1, -0.05) is 12.6 Å². The highest BCUT2D eigenvalue weighted by Crippen LogP contribution is 2.42. The van der Waals surface area contributed by atoms with Crippen LogP contribution in [0.1, 0.15) is 35.4 Å². The van der Waals surface area contributed by atoms with Gasteiger partial charge in [0, 0.05) is 49.7 Å². The summed E-state index contributed by atoms with van der Waals surface area (Å²) >= 11 is 0. The summed E-state index contributed by atoms with van der Waals surface area (Å²) in [5.41, 5.74) is 6.67. The van der Waals surface area contributed by atoms with Crippen LogP contribution in [0.15, 0.2) is 49.4 Å². The minimum Gasteiger partial charge on any atom is -0.486 e. The van der Waals surface area contributed by atoms with Gasteiger partial charge in [0.25, 0.3) is 0 Å². The van der Waals surface area contributed by atoms with Crippen molar-refractivity contribution in [3.05, 3.63) is 66.1 Å². The molecule has 186 valence electrons. The van der Waals surface area contributed by atoms with Crippen LogP contribution < -0.4 is 10.1 Å². The Morgan fingerprint density at radius 1 is 1.25 bits per heavy atom. The van der Waals surface area contributed by atoms with Crippen LogP contribution in [0.4, 0.5) is 11.5 Å². The van der Waals surface area contributed by atoms with Crippen molar-refractivity contribution < 1.29 is 9.53 Å². The SMILES string of the molecule is C=CC(=O)N1CC(N2CCC(c3cc(C)c4c(c3)Nc3nccc(-c5cnn(C)c5)c3CO4)CC2)C1. The summed E-state index contributed by atoms with van der Waals surface area (Å²) in [5, 5.41) is 7.92. The quantitative estimate of drug-likeness (QED) is 0.564. The minimum atomic E-state index is 0.0416. The lowest BCUT2D eigenvalue weighted by Gasteiger charge is -2.47. The number of carbonyl (C=O) groups is 1. The third-order valence-corrected chi connectivity index (χ3v) is 7.85. The molecule has 2 fully saturated rings. The van der Waals surface area contributed by atoms with Crippen LogP contribution >= 0.6 is 0 Å². The molecule has 8 nitrogen and oxygen atoms in total. The third-order valence-electron chi connectivity index (χ3n) is 7.85. The van der Waals surface area contributed by atoms with E-state index in [0.717, 1.165) is 78.5 Å². The van der Waals surface area contributed by atoms with E-state index in [1.807, 2.05) is 41.3 Å². The van der Waals surface area contributed by atoms with Crippen molar-refractivity contribution >= 4 is 17.4 Å². The largest absolute Gasteiger partial charge is 0.486 e. The molecule has 36 heavy (non-hydrogen) atoms. The van der Waals surface area contributed by atoms with Crippen molar-refractivity contribution in [1.29, 1.82) is 0 Å². The third kappa shape index (κ3) is 4.05. The Bertz CT molecular complexity index is 1320. The van der Waals surface area contributed by atoms with Gasteiger partial charge in [-0.05, 0) is 73.7 Å². The Labute approximate surface area is 211 Å². The number of nitrogens with one attached hydrogen (secondary N) is 1. The molecular formula is C28H32N6O2. The van der Waals surface area contributed by atoms with E-state index in [0.29, 0.717) is 18.6 Å². The normalized spacial score (nSPS) is 18.3. The molecule has 8 heteroatoms. The number of nitrogens with zero attached hydrogens (tertiary/aromatic N) is 5. The Morgan fingerprint density at radius 2 is 2.06 bits per heavy atom. The number of hydrogen-bond acceptors (Lipinski definition) is 6. The highest BCUT2D eigenvalue weighted by atomic mass is 16.5. The van der Waals surface area contributed by atoms with Crippen molar-refractivity contribution in [1.82, 2.24) is 24.6 Å². The first-order valence-electron chi connectivity index (χ1n) is 12.7. The average molecular weight is 485 g/mol. The Kier molecular flexibility index (Phi) is 5.76. The highest BCUT2D eigenvalue weighted by Gasteiger charge is 2.36. The number of benzene rings is 1. The van der Waals surface area contributed by atoms with E-state index in [4.69, 9.17) is 4.74 Å². The van der Waals surface area contributed by atoms with Crippen molar-refractivity contribution in [3.63, 3.8) is 0 Å². The van der Waals surface area contributed by atoms with Gasteiger partial charge in [0.15, 0.2) is 0 Å². The number of hydrogen-bond donors (Lipinski definition) is 1. The molecule has 0 saturated carbocycles. The van der Waals surface area contributed by atoms with Gasteiger partial charge in [0.2, 0.25) is 5.91 Å². The summed E-state index contributed by atoms with van der Waals surface area (Å²) < 4.78 is 8.16. The molecule has 0 aliphatic carbocycles. The molecule has 5 heterocycles. The van der Waals surface area contributed by atoms with E-state index < -0.39 is 0 Å². The number of pyridine rings is 1. The van der Waals surface area contributed by atoms with Crippen LogP contribution in [-0.2, 0) is 18.4 Å². The zero-order valence-electron chi connectivity index (χ0n) is 20.9. The van der Waals surface area contributed by atoms with Gasteiger partial charge in [-0.3, -0.25) is 14.4 Å². The first-order valence-corrected chi connectivity index (χ1v) is 12.7. The molecule has 2 saturated heterocycles. The molecule has 0 bridgehead atoms. The molecule has 0 unspecified atom stereocenters. The topological polar surface area (TPSA) is 75.5 Å². The predicted octanol–water partition coefficient (Wildman–Crippen LogP) is 4.00. The van der Waals surface area contributed by atoms with Crippen LogP contribution in [0.2, 0.25) is 0 Å². The van der Waals surface area contributed by atoms with Crippen LogP contribution in [0, 0.1) is 6.92 Å². The molecule has 3 aliphatic heterocycles. The molecule has 1 aromatic carbocycles. The maximum atomic E-state index is 11.8. The fraction of sp³-hybridized carbons (Fsp3) is 0.393. The summed E-state index contributed by atoms with van der Waals surface area (Å²) in [7, 11) is 1.92. The Balaban J connectivity index is 1.19. The number of anilines is 2. The molecule has 0 spiro atoms. The first kappa shape index (κ1) is 22.8. The predicted molar refractivity (Wildman–Crippen MR) is 139 cm³/mol. The number of aromatic nitrogens is 3. The zero-order chi connectivity index (χ0) is 24.8. The van der Waals surface area contributed by atoms with E-state index in [1.165, 1.54) is 11.6 Å². The molecule has 3 aliphatic rings. The summed E-state index contributed by atoms with van der Waals surface area (Å²) in [6.45, 7) is 9.94. The highest BCUT2D eigenvalue weighted by molar-refractivity contribution is 5.87. The Morgan fingerprint density at radius 3 is 2.78 bits per heavy atom. The van der Waals surface area contributed by atoms with E-state index in [9.17, 15) is 4.79 Å². The van der Waals surface area contributed by atoms with Crippen molar-refractivity contribution in [2.24, 2.45) is 7.05 Å². The number of amides is 1. The average Bonchev–Trinajstić information content (AvgIpc) is 3.19. The van der Waals surface area contributed by atoms with Crippen LogP contribution in [0.5, 0.6) is 5.75 Å². The number of ether oxygens (including phenoxy) is 1. The number of fused-ring (bicyclic) bond motifs is 2. The van der Waals surface area contributed by atoms with Gasteiger partial charge in [-0.25, -0.2) is 4.98 Å². The molecule has 1 N–H and O–H groups in total. The standard InChI is InChI=1S/C28H32N6O2/c1-4-26(35)34-15-22(16-34)33-9-6-19(7-10-33)20-11-18(2)27-25(12-20)31-28-24(17-36-27)23(5-8-29-28)21-13-30-32(3)14-21/h4-5,8,11-14,19,22H,1,6-7,9-10,15-17H2,2-3H3,(H,29,31). The molecule has 0 radical (unpaired) electrons. The molecule has 0 atom stereocenters. The number of likely N-dealkylation sites (tertiary alicyclic amines) is 2. The van der Waals surface area contributed by atoms with E-state index >= 15 is 0 Å². The lowest BCUT2D eigenvalue weighted by molar-refractivity contribution is -0.133. The molecule has 1 amide bonds. The second-order valence-corrected chi connectivity index (χ2v) is 10.1. The van der Waals surface area contributed by atoms with Gasteiger partial charge in [0.05, 0.1) is 11.9 Å². The van der Waals surface area contributed by atoms with E-state index in [2.05, 4.69) is 45.9 Å². The van der Waals surface area contributed by atoms with Gasteiger partial charge < -0.3 is 15.0 Å². The van der Waals surface area contributed by atoms with Gasteiger partial charge in [-0.15, -0.1) is 0 Å². The maximum Gasteiger partial charge on any atom is 0.246 e. The fourth-order valence-electron chi connectivity index (χ4n) is 5.76. The maximum absolute atomic E-state index is 11.8. The number of rotatable bonds is 4. The summed E-state index contributed by atoms with van der Waals surface area (Å²) in [5.74, 6) is 2.29. The van der Waals surface area contributed by atoms with Crippen LogP contribution in [-0.4, -0.2) is 62.7 Å². The second-order valence-electron chi connectivity index (χ2n) is 10.1. The van der Waals surface area contributed by atoms with E-state index in [-0.39, 0.29) is 5.91 Å². The monoisotopic (exact) mass is 484 g/mol. The van der Waals surface area contributed by atoms with Crippen molar-refractivity contribution in [2.75, 3.05) is 31.5 Å². The Hall–Kier alpha value is -3.65. The smallest absolute Gasteiger partial charge is 0.246 e. The summed E-state index contributed by atoms with van der Waals surface area (Å²) in [6.07, 6.45) is 9.38. The molecule has 6 rings (SSSR count). The first-order chi connectivity index (χ1) is 17.5. The fourth-order valence-corrected chi connectivity index (χ4v) is 5.76. The lowest BCUT2D eigenvalue weighted by Crippen LogP contribution is -2.61. The van der Waals surface area contributed by atoms with Crippen molar-refractivity contribution in [3.8, 4) is 16.9 Å². The summed E-state index contributed by atoms with van der Waals surface area (Å²) in [4.78, 5) is 20.8. The molecule has 2 aromatic heterocycles. The van der Waals surface area contributed by atoms with E-state index in [1.54, 1.807) is 0 Å². The van der Waals surface area contributed by atoms with Gasteiger partial charge >= 0.3 is 0 Å². The van der Waals surface area contributed by atoms with Gasteiger partial charge in [-0.2, -0.15) is 5.10 Å². The molecular weight excluding hydrogens is 452 g/mol. The molecule has 3 aromatic rings. The zero-order valence-corrected chi connectivity index (χ0v) is 20.9. The number of piperidine rings is 1. The number of aryl methyl sites for hydroxylation is 2. The minimum absolute atomic E-state index is 0.0416. The van der Waals surface area contributed by atoms with Crippen LogP contribution in [0.3, 0.4) is 0 Å². The lowest BCUT2D eigenvalue weighted by atomic mass is 9.87. The van der Waals surface area contributed by atoms with Crippen molar-refractivity contribution in [2.45, 2.75) is 38.3 Å².